The van der Waals surface area contributed by atoms with Crippen molar-refractivity contribution in [2.75, 3.05) is 24.8 Å². The molecule has 0 spiro atoms. The summed E-state index contributed by atoms with van der Waals surface area (Å²) in [6.45, 7) is 1.16. The number of ether oxygens (including phenoxy) is 1. The standard InChI is InChI=1S/C18H17ClFN3O2S/c1-25-9-8-23-16-5-3-2-4-14(16)22-18(23)26-11-17(24)21-15-10-12(19)6-7-13(15)20/h2-7,10H,8-9,11H2,1H3,(H,21,24). The van der Waals surface area contributed by atoms with Crippen LogP contribution in [0.3, 0.4) is 0 Å². The minimum atomic E-state index is -0.528. The smallest absolute Gasteiger partial charge is 0.234 e. The Morgan fingerprint density at radius 3 is 2.96 bits per heavy atom. The maximum atomic E-state index is 13.7. The van der Waals surface area contributed by atoms with Gasteiger partial charge in [0.1, 0.15) is 5.82 Å². The van der Waals surface area contributed by atoms with Crippen molar-refractivity contribution in [3.8, 4) is 0 Å². The van der Waals surface area contributed by atoms with Crippen LogP contribution in [0.2, 0.25) is 5.02 Å². The third-order valence-electron chi connectivity index (χ3n) is 3.67. The summed E-state index contributed by atoms with van der Waals surface area (Å²) >= 11 is 7.13. The van der Waals surface area contributed by atoms with E-state index < -0.39 is 5.82 Å². The number of halogens is 2. The van der Waals surface area contributed by atoms with Crippen LogP contribution in [0.4, 0.5) is 10.1 Å². The van der Waals surface area contributed by atoms with Gasteiger partial charge in [-0.05, 0) is 30.3 Å². The number of hydrogen-bond acceptors (Lipinski definition) is 4. The van der Waals surface area contributed by atoms with Crippen LogP contribution in [0.5, 0.6) is 0 Å². The normalized spacial score (nSPS) is 11.0. The Morgan fingerprint density at radius 1 is 1.35 bits per heavy atom. The summed E-state index contributed by atoms with van der Waals surface area (Å²) in [7, 11) is 1.64. The predicted octanol–water partition coefficient (Wildman–Crippen LogP) is 4.21. The lowest BCUT2D eigenvalue weighted by molar-refractivity contribution is -0.113. The van der Waals surface area contributed by atoms with Crippen molar-refractivity contribution >= 4 is 46.0 Å². The molecule has 0 saturated heterocycles. The number of aromatic nitrogens is 2. The molecule has 8 heteroatoms. The van der Waals surface area contributed by atoms with Crippen LogP contribution in [0.15, 0.2) is 47.6 Å². The second-order valence-electron chi connectivity index (χ2n) is 5.49. The number of fused-ring (bicyclic) bond motifs is 1. The van der Waals surface area contributed by atoms with E-state index in [0.717, 1.165) is 11.0 Å². The number of nitrogens with one attached hydrogen (secondary N) is 1. The van der Waals surface area contributed by atoms with E-state index in [-0.39, 0.29) is 17.3 Å². The molecule has 136 valence electrons. The number of imidazole rings is 1. The van der Waals surface area contributed by atoms with Crippen LogP contribution in [0.25, 0.3) is 11.0 Å². The van der Waals surface area contributed by atoms with Gasteiger partial charge in [-0.15, -0.1) is 0 Å². The third kappa shape index (κ3) is 4.35. The monoisotopic (exact) mass is 393 g/mol. The topological polar surface area (TPSA) is 56.1 Å². The van der Waals surface area contributed by atoms with Gasteiger partial charge in [0, 0.05) is 18.7 Å². The summed E-state index contributed by atoms with van der Waals surface area (Å²) in [4.78, 5) is 16.8. The van der Waals surface area contributed by atoms with Gasteiger partial charge in [0.2, 0.25) is 5.91 Å². The molecule has 0 unspecified atom stereocenters. The number of carbonyl (C=O) groups excluding carboxylic acids is 1. The van der Waals surface area contributed by atoms with Crippen LogP contribution in [0.1, 0.15) is 0 Å². The lowest BCUT2D eigenvalue weighted by atomic mass is 10.3. The van der Waals surface area contributed by atoms with E-state index in [2.05, 4.69) is 10.3 Å². The second kappa shape index (κ2) is 8.53. The first-order valence-corrected chi connectivity index (χ1v) is 9.26. The highest BCUT2D eigenvalue weighted by atomic mass is 35.5. The van der Waals surface area contributed by atoms with Crippen LogP contribution >= 0.6 is 23.4 Å². The quantitative estimate of drug-likeness (QED) is 0.611. The zero-order valence-electron chi connectivity index (χ0n) is 14.0. The first-order chi connectivity index (χ1) is 12.6. The van der Waals surface area contributed by atoms with Crippen LogP contribution in [-0.2, 0) is 16.1 Å². The zero-order chi connectivity index (χ0) is 18.5. The van der Waals surface area contributed by atoms with Crippen molar-refractivity contribution < 1.29 is 13.9 Å². The molecule has 5 nitrogen and oxygen atoms in total. The summed E-state index contributed by atoms with van der Waals surface area (Å²) in [6, 6.07) is 11.8. The molecule has 0 atom stereocenters. The molecule has 0 aliphatic heterocycles. The fourth-order valence-corrected chi connectivity index (χ4v) is 3.48. The van der Waals surface area contributed by atoms with Crippen molar-refractivity contribution in [3.63, 3.8) is 0 Å². The molecule has 1 N–H and O–H groups in total. The van der Waals surface area contributed by atoms with Gasteiger partial charge in [-0.25, -0.2) is 9.37 Å². The van der Waals surface area contributed by atoms with Gasteiger partial charge in [-0.3, -0.25) is 4.79 Å². The van der Waals surface area contributed by atoms with Crippen LogP contribution in [-0.4, -0.2) is 34.9 Å². The van der Waals surface area contributed by atoms with E-state index in [1.54, 1.807) is 7.11 Å². The molecule has 1 heterocycles. The summed E-state index contributed by atoms with van der Waals surface area (Å²) in [5.74, 6) is -0.760. The van der Waals surface area contributed by atoms with E-state index >= 15 is 0 Å². The van der Waals surface area contributed by atoms with Gasteiger partial charge in [0.25, 0.3) is 0 Å². The number of nitrogens with zero attached hydrogens (tertiary/aromatic N) is 2. The minimum absolute atomic E-state index is 0.0657. The Bertz CT molecular complexity index is 932. The molecular formula is C18H17ClFN3O2S. The summed E-state index contributed by atoms with van der Waals surface area (Å²) in [5.41, 5.74) is 1.90. The summed E-state index contributed by atoms with van der Waals surface area (Å²) < 4.78 is 20.9. The number of para-hydroxylation sites is 2. The average molecular weight is 394 g/mol. The second-order valence-corrected chi connectivity index (χ2v) is 6.87. The Balaban J connectivity index is 1.72. The maximum absolute atomic E-state index is 13.7. The molecule has 0 bridgehead atoms. The molecule has 0 aliphatic rings. The fraction of sp³-hybridized carbons (Fsp3) is 0.222. The first-order valence-electron chi connectivity index (χ1n) is 7.90. The number of benzene rings is 2. The Hall–Kier alpha value is -2.09. The molecule has 0 fully saturated rings. The van der Waals surface area contributed by atoms with E-state index in [1.807, 2.05) is 28.8 Å². The first kappa shape index (κ1) is 18.7. The number of rotatable bonds is 7. The summed E-state index contributed by atoms with van der Waals surface area (Å²) in [6.07, 6.45) is 0. The number of thioether (sulfide) groups is 1. The van der Waals surface area contributed by atoms with Crippen molar-refractivity contribution in [2.45, 2.75) is 11.7 Å². The molecule has 0 radical (unpaired) electrons. The summed E-state index contributed by atoms with van der Waals surface area (Å²) in [5, 5.41) is 3.61. The molecular weight excluding hydrogens is 377 g/mol. The molecule has 1 aromatic heterocycles. The van der Waals surface area contributed by atoms with Gasteiger partial charge < -0.3 is 14.6 Å². The molecule has 0 aliphatic carbocycles. The Morgan fingerprint density at radius 2 is 2.15 bits per heavy atom. The van der Waals surface area contributed by atoms with E-state index in [1.165, 1.54) is 30.0 Å². The Kier molecular flexibility index (Phi) is 6.13. The van der Waals surface area contributed by atoms with Gasteiger partial charge >= 0.3 is 0 Å². The van der Waals surface area contributed by atoms with Crippen LogP contribution in [0, 0.1) is 5.82 Å². The van der Waals surface area contributed by atoms with Crippen molar-refractivity contribution in [1.82, 2.24) is 9.55 Å². The van der Waals surface area contributed by atoms with E-state index in [9.17, 15) is 9.18 Å². The van der Waals surface area contributed by atoms with Crippen LogP contribution < -0.4 is 5.32 Å². The highest BCUT2D eigenvalue weighted by Crippen LogP contribution is 2.25. The number of carbonyl (C=O) groups is 1. The van der Waals surface area contributed by atoms with Gasteiger partial charge in [0.05, 0.1) is 29.1 Å². The highest BCUT2D eigenvalue weighted by Gasteiger charge is 2.14. The lowest BCUT2D eigenvalue weighted by Crippen LogP contribution is -2.16. The average Bonchev–Trinajstić information content (AvgIpc) is 2.99. The third-order valence-corrected chi connectivity index (χ3v) is 4.88. The fourth-order valence-electron chi connectivity index (χ4n) is 2.47. The largest absolute Gasteiger partial charge is 0.383 e. The SMILES string of the molecule is COCCn1c(SCC(=O)Nc2cc(Cl)ccc2F)nc2ccccc21. The Labute approximate surface area is 159 Å². The van der Waals surface area contributed by atoms with E-state index in [0.29, 0.717) is 23.3 Å². The van der Waals surface area contributed by atoms with Crippen molar-refractivity contribution in [2.24, 2.45) is 0 Å². The molecule has 0 saturated carbocycles. The number of anilines is 1. The van der Waals surface area contributed by atoms with Crippen molar-refractivity contribution in [1.29, 1.82) is 0 Å². The molecule has 3 aromatic rings. The van der Waals surface area contributed by atoms with Crippen molar-refractivity contribution in [3.05, 3.63) is 53.3 Å². The molecule has 3 rings (SSSR count). The number of methoxy groups -OCH3 is 1. The minimum Gasteiger partial charge on any atom is -0.383 e. The van der Waals surface area contributed by atoms with Gasteiger partial charge in [-0.2, -0.15) is 0 Å². The molecule has 26 heavy (non-hydrogen) atoms. The number of amides is 1. The van der Waals surface area contributed by atoms with Gasteiger partial charge in [-0.1, -0.05) is 35.5 Å². The predicted molar refractivity (Wildman–Crippen MR) is 102 cm³/mol. The molecule has 2 aromatic carbocycles. The zero-order valence-corrected chi connectivity index (χ0v) is 15.6. The maximum Gasteiger partial charge on any atom is 0.234 e. The number of hydrogen-bond donors (Lipinski definition) is 1. The van der Waals surface area contributed by atoms with E-state index in [4.69, 9.17) is 16.3 Å². The molecule has 1 amide bonds. The lowest BCUT2D eigenvalue weighted by Gasteiger charge is -2.09. The van der Waals surface area contributed by atoms with Gasteiger partial charge in [0.15, 0.2) is 5.16 Å². The highest BCUT2D eigenvalue weighted by molar-refractivity contribution is 7.99.